The van der Waals surface area contributed by atoms with Gasteiger partial charge in [-0.15, -0.1) is 0 Å². The summed E-state index contributed by atoms with van der Waals surface area (Å²) >= 11 is 0. The van der Waals surface area contributed by atoms with Crippen molar-refractivity contribution in [2.75, 3.05) is 0 Å². The van der Waals surface area contributed by atoms with E-state index in [1.54, 1.807) is 0 Å². The highest BCUT2D eigenvalue weighted by molar-refractivity contribution is 5.42. The molecule has 0 saturated heterocycles. The van der Waals surface area contributed by atoms with E-state index in [-0.39, 0.29) is 0 Å². The fourth-order valence-electron chi connectivity index (χ4n) is 4.20. The van der Waals surface area contributed by atoms with E-state index < -0.39 is 0 Å². The van der Waals surface area contributed by atoms with Crippen molar-refractivity contribution in [3.8, 4) is 5.88 Å². The summed E-state index contributed by atoms with van der Waals surface area (Å²) < 4.78 is 5.98. The van der Waals surface area contributed by atoms with Crippen molar-refractivity contribution < 1.29 is 4.74 Å². The van der Waals surface area contributed by atoms with Gasteiger partial charge in [0.2, 0.25) is 5.88 Å². The summed E-state index contributed by atoms with van der Waals surface area (Å²) in [5.41, 5.74) is 7.32. The van der Waals surface area contributed by atoms with Crippen LogP contribution in [0, 0.1) is 5.92 Å². The molecule has 3 aliphatic rings. The standard InChI is InChI=1S/C19H19NO/c1-3-12-4-2-6-16(12)13(5-1)11-21-19-9-15-7-14-8-17(14)18(15)10-20-19/h1,3,5,9-10,14,17H,2,4,6-8,11H2. The van der Waals surface area contributed by atoms with Crippen molar-refractivity contribution in [2.45, 2.75) is 44.6 Å². The maximum Gasteiger partial charge on any atom is 0.213 e. The van der Waals surface area contributed by atoms with Crippen LogP contribution in [0.15, 0.2) is 30.5 Å². The molecule has 21 heavy (non-hydrogen) atoms. The largest absolute Gasteiger partial charge is 0.473 e. The molecule has 0 bridgehead atoms. The molecule has 0 N–H and O–H groups in total. The molecular formula is C19H19NO. The van der Waals surface area contributed by atoms with Gasteiger partial charge in [0.1, 0.15) is 6.61 Å². The van der Waals surface area contributed by atoms with E-state index >= 15 is 0 Å². The highest BCUT2D eigenvalue weighted by Gasteiger charge is 2.45. The Morgan fingerprint density at radius 1 is 1.19 bits per heavy atom. The van der Waals surface area contributed by atoms with Crippen LogP contribution in [0.1, 0.15) is 46.6 Å². The highest BCUT2D eigenvalue weighted by Crippen LogP contribution is 2.56. The minimum absolute atomic E-state index is 0.655. The van der Waals surface area contributed by atoms with E-state index in [0.29, 0.717) is 6.61 Å². The number of pyridine rings is 1. The van der Waals surface area contributed by atoms with Crippen LogP contribution in [0.3, 0.4) is 0 Å². The predicted octanol–water partition coefficient (Wildman–Crippen LogP) is 3.81. The molecule has 1 saturated carbocycles. The first kappa shape index (κ1) is 11.8. The average Bonchev–Trinajstić information content (AvgIpc) is 2.97. The lowest BCUT2D eigenvalue weighted by Gasteiger charge is -2.11. The fourth-order valence-corrected chi connectivity index (χ4v) is 4.20. The quantitative estimate of drug-likeness (QED) is 0.851. The first-order valence-electron chi connectivity index (χ1n) is 8.10. The third-order valence-electron chi connectivity index (χ3n) is 5.42. The molecule has 1 aromatic carbocycles. The zero-order valence-corrected chi connectivity index (χ0v) is 12.1. The predicted molar refractivity (Wildman–Crippen MR) is 81.6 cm³/mol. The average molecular weight is 277 g/mol. The minimum Gasteiger partial charge on any atom is -0.473 e. The van der Waals surface area contributed by atoms with Gasteiger partial charge in [-0.25, -0.2) is 4.98 Å². The van der Waals surface area contributed by atoms with E-state index in [9.17, 15) is 0 Å². The van der Waals surface area contributed by atoms with E-state index in [1.165, 1.54) is 59.9 Å². The number of hydrogen-bond acceptors (Lipinski definition) is 2. The summed E-state index contributed by atoms with van der Waals surface area (Å²) in [7, 11) is 0. The van der Waals surface area contributed by atoms with Crippen LogP contribution >= 0.6 is 0 Å². The lowest BCUT2D eigenvalue weighted by atomic mass is 10.0. The smallest absolute Gasteiger partial charge is 0.213 e. The monoisotopic (exact) mass is 277 g/mol. The summed E-state index contributed by atoms with van der Waals surface area (Å²) in [6.45, 7) is 0.655. The molecule has 0 aliphatic heterocycles. The van der Waals surface area contributed by atoms with Gasteiger partial charge in [0.05, 0.1) is 0 Å². The molecule has 1 heterocycles. The van der Waals surface area contributed by atoms with E-state index in [2.05, 4.69) is 35.4 Å². The maximum atomic E-state index is 5.98. The minimum atomic E-state index is 0.655. The number of aryl methyl sites for hydroxylation is 1. The molecule has 2 unspecified atom stereocenters. The van der Waals surface area contributed by atoms with Crippen LogP contribution in [0.4, 0.5) is 0 Å². The molecular weight excluding hydrogens is 258 g/mol. The van der Waals surface area contributed by atoms with E-state index in [0.717, 1.165) is 17.7 Å². The topological polar surface area (TPSA) is 22.1 Å². The molecule has 0 radical (unpaired) electrons. The summed E-state index contributed by atoms with van der Waals surface area (Å²) in [6, 6.07) is 8.79. The summed E-state index contributed by atoms with van der Waals surface area (Å²) in [6.07, 6.45) is 8.38. The van der Waals surface area contributed by atoms with Gasteiger partial charge in [-0.3, -0.25) is 0 Å². The Balaban J connectivity index is 1.36. The van der Waals surface area contributed by atoms with Crippen LogP contribution in [0.2, 0.25) is 0 Å². The molecule has 1 fully saturated rings. The normalized spacial score (nSPS) is 24.4. The second-order valence-electron chi connectivity index (χ2n) is 6.72. The molecule has 5 rings (SSSR count). The Morgan fingerprint density at radius 2 is 2.19 bits per heavy atom. The summed E-state index contributed by atoms with van der Waals surface area (Å²) in [5.74, 6) is 2.53. The van der Waals surface area contributed by atoms with Gasteiger partial charge in [0, 0.05) is 12.3 Å². The molecule has 2 aromatic rings. The molecule has 0 spiro atoms. The second-order valence-corrected chi connectivity index (χ2v) is 6.72. The van der Waals surface area contributed by atoms with Gasteiger partial charge >= 0.3 is 0 Å². The zero-order valence-electron chi connectivity index (χ0n) is 12.1. The van der Waals surface area contributed by atoms with Gasteiger partial charge in [0.15, 0.2) is 0 Å². The molecule has 2 heteroatoms. The van der Waals surface area contributed by atoms with Crippen LogP contribution in [-0.4, -0.2) is 4.98 Å². The number of fused-ring (bicyclic) bond motifs is 4. The first-order chi connectivity index (χ1) is 10.4. The Labute approximate surface area is 125 Å². The Kier molecular flexibility index (Phi) is 2.43. The number of aromatic nitrogens is 1. The lowest BCUT2D eigenvalue weighted by molar-refractivity contribution is 0.292. The van der Waals surface area contributed by atoms with Crippen molar-refractivity contribution in [3.05, 3.63) is 58.3 Å². The fraction of sp³-hybridized carbons (Fsp3) is 0.421. The van der Waals surface area contributed by atoms with Crippen molar-refractivity contribution >= 4 is 0 Å². The van der Waals surface area contributed by atoms with Gasteiger partial charge in [-0.1, -0.05) is 18.2 Å². The highest BCUT2D eigenvalue weighted by atomic mass is 16.5. The molecule has 106 valence electrons. The van der Waals surface area contributed by atoms with Gasteiger partial charge in [0.25, 0.3) is 0 Å². The molecule has 1 aromatic heterocycles. The Bertz CT molecular complexity index is 722. The SMILES string of the molecule is c1cc2c(c(COc3cc4c(cn3)C3CC3C4)c1)CCC2. The van der Waals surface area contributed by atoms with Crippen molar-refractivity contribution in [1.82, 2.24) is 4.98 Å². The van der Waals surface area contributed by atoms with Crippen LogP contribution in [0.25, 0.3) is 0 Å². The molecule has 2 nitrogen and oxygen atoms in total. The van der Waals surface area contributed by atoms with Crippen LogP contribution in [-0.2, 0) is 25.9 Å². The summed E-state index contributed by atoms with van der Waals surface area (Å²) in [5, 5.41) is 0. The molecule has 0 amide bonds. The Hall–Kier alpha value is -1.83. The molecule has 3 aliphatic carbocycles. The first-order valence-corrected chi connectivity index (χ1v) is 8.10. The van der Waals surface area contributed by atoms with Gasteiger partial charge < -0.3 is 4.74 Å². The van der Waals surface area contributed by atoms with Gasteiger partial charge in [-0.05, 0) is 71.8 Å². The van der Waals surface area contributed by atoms with Gasteiger partial charge in [-0.2, -0.15) is 0 Å². The third-order valence-corrected chi connectivity index (χ3v) is 5.42. The van der Waals surface area contributed by atoms with E-state index in [4.69, 9.17) is 4.74 Å². The van der Waals surface area contributed by atoms with Crippen molar-refractivity contribution in [3.63, 3.8) is 0 Å². The number of hydrogen-bond donors (Lipinski definition) is 0. The number of rotatable bonds is 3. The maximum absolute atomic E-state index is 5.98. The van der Waals surface area contributed by atoms with Crippen LogP contribution in [0.5, 0.6) is 5.88 Å². The zero-order chi connectivity index (χ0) is 13.8. The van der Waals surface area contributed by atoms with Crippen molar-refractivity contribution in [2.24, 2.45) is 5.92 Å². The van der Waals surface area contributed by atoms with Crippen molar-refractivity contribution in [1.29, 1.82) is 0 Å². The third kappa shape index (κ3) is 1.89. The molecule has 2 atom stereocenters. The lowest BCUT2D eigenvalue weighted by Crippen LogP contribution is -2.02. The number of benzene rings is 1. The second kappa shape index (κ2) is 4.33. The number of ether oxygens (including phenoxy) is 1. The number of nitrogens with zero attached hydrogens (tertiary/aromatic N) is 1. The summed E-state index contributed by atoms with van der Waals surface area (Å²) in [4.78, 5) is 4.51. The van der Waals surface area contributed by atoms with Crippen LogP contribution < -0.4 is 4.74 Å². The Morgan fingerprint density at radius 3 is 3.19 bits per heavy atom. The van der Waals surface area contributed by atoms with E-state index in [1.807, 2.05) is 0 Å².